The van der Waals surface area contributed by atoms with Crippen molar-refractivity contribution >= 4 is 5.57 Å². The van der Waals surface area contributed by atoms with Crippen LogP contribution in [0.1, 0.15) is 70.3 Å². The molecule has 0 heterocycles. The summed E-state index contributed by atoms with van der Waals surface area (Å²) < 4.78 is 39.9. The lowest BCUT2D eigenvalue weighted by Crippen LogP contribution is -2.44. The Balaban J connectivity index is 1.33. The molecule has 0 saturated heterocycles. The number of rotatable bonds is 4. The molecule has 3 heteroatoms. The smallest absolute Gasteiger partial charge is 0.194 e. The van der Waals surface area contributed by atoms with E-state index in [0.717, 1.165) is 41.9 Å². The molecule has 0 atom stereocenters. The molecule has 1 aromatic carbocycles. The Labute approximate surface area is 148 Å². The molecule has 0 unspecified atom stereocenters. The number of hydrogen-bond acceptors (Lipinski definition) is 0. The van der Waals surface area contributed by atoms with Crippen LogP contribution in [0.25, 0.3) is 5.57 Å². The van der Waals surface area contributed by atoms with E-state index >= 15 is 0 Å². The molecule has 0 aliphatic heterocycles. The van der Waals surface area contributed by atoms with Crippen molar-refractivity contribution in [2.75, 3.05) is 0 Å². The van der Waals surface area contributed by atoms with E-state index in [2.05, 4.69) is 13.0 Å². The van der Waals surface area contributed by atoms with Crippen LogP contribution in [0.4, 0.5) is 13.2 Å². The van der Waals surface area contributed by atoms with Crippen LogP contribution < -0.4 is 0 Å². The van der Waals surface area contributed by atoms with Gasteiger partial charge in [-0.05, 0) is 78.5 Å². The second-order valence-corrected chi connectivity index (χ2v) is 8.70. The zero-order valence-corrected chi connectivity index (χ0v) is 15.0. The average Bonchev–Trinajstić information content (AvgIpc) is 2.51. The van der Waals surface area contributed by atoms with Crippen molar-refractivity contribution in [2.45, 2.75) is 64.7 Å². The average molecular weight is 348 g/mol. The van der Waals surface area contributed by atoms with Crippen LogP contribution >= 0.6 is 0 Å². The van der Waals surface area contributed by atoms with Crippen LogP contribution in [0.3, 0.4) is 0 Å². The fraction of sp³-hybridized carbons (Fsp3) is 0.636. The molecule has 0 nitrogen and oxygen atoms in total. The predicted molar refractivity (Wildman–Crippen MR) is 94.4 cm³/mol. The lowest BCUT2D eigenvalue weighted by Gasteiger charge is -2.55. The molecule has 0 aromatic heterocycles. The summed E-state index contributed by atoms with van der Waals surface area (Å²) in [4.78, 5) is 0. The Morgan fingerprint density at radius 2 is 1.56 bits per heavy atom. The van der Waals surface area contributed by atoms with Gasteiger partial charge in [0.25, 0.3) is 0 Å². The Kier molecular flexibility index (Phi) is 4.45. The molecule has 0 radical (unpaired) electrons. The van der Waals surface area contributed by atoms with E-state index in [1.54, 1.807) is 0 Å². The highest BCUT2D eigenvalue weighted by atomic mass is 19.2. The Hall–Kier alpha value is -1.25. The quantitative estimate of drug-likeness (QED) is 0.519. The van der Waals surface area contributed by atoms with Gasteiger partial charge in [-0.3, -0.25) is 0 Å². The van der Waals surface area contributed by atoms with Crippen molar-refractivity contribution in [1.82, 2.24) is 0 Å². The molecule has 25 heavy (non-hydrogen) atoms. The minimum absolute atomic E-state index is 0.265. The summed E-state index contributed by atoms with van der Waals surface area (Å²) in [6.45, 7) is 2.28. The first kappa shape index (κ1) is 17.2. The minimum atomic E-state index is -1.37. The van der Waals surface area contributed by atoms with Crippen molar-refractivity contribution in [2.24, 2.45) is 23.2 Å². The fourth-order valence-corrected chi connectivity index (χ4v) is 5.58. The summed E-state index contributed by atoms with van der Waals surface area (Å²) in [5.41, 5.74) is 1.75. The van der Waals surface area contributed by atoms with E-state index in [1.165, 1.54) is 51.4 Å². The van der Waals surface area contributed by atoms with Gasteiger partial charge in [0.05, 0.1) is 0 Å². The molecule has 0 N–H and O–H groups in total. The SMILES string of the molecule is CCCC1CCC([C@H]2C[C@]3(C=C(c4cc(F)c(F)c(F)c4)C3)C2)CC1. The summed E-state index contributed by atoms with van der Waals surface area (Å²) in [6, 6.07) is 2.25. The van der Waals surface area contributed by atoms with Crippen LogP contribution in [0, 0.1) is 40.6 Å². The molecule has 2 saturated carbocycles. The van der Waals surface area contributed by atoms with Crippen molar-refractivity contribution in [3.63, 3.8) is 0 Å². The highest BCUT2D eigenvalue weighted by Crippen LogP contribution is 2.62. The van der Waals surface area contributed by atoms with Gasteiger partial charge in [0.2, 0.25) is 0 Å². The van der Waals surface area contributed by atoms with Crippen LogP contribution in [-0.4, -0.2) is 0 Å². The van der Waals surface area contributed by atoms with Gasteiger partial charge in [0, 0.05) is 0 Å². The van der Waals surface area contributed by atoms with E-state index in [4.69, 9.17) is 0 Å². The largest absolute Gasteiger partial charge is 0.204 e. The molecule has 4 rings (SSSR count). The van der Waals surface area contributed by atoms with Crippen molar-refractivity contribution in [1.29, 1.82) is 0 Å². The molecule has 3 aliphatic rings. The van der Waals surface area contributed by atoms with Gasteiger partial charge in [-0.1, -0.05) is 38.7 Å². The van der Waals surface area contributed by atoms with Gasteiger partial charge < -0.3 is 0 Å². The highest BCUT2D eigenvalue weighted by Gasteiger charge is 2.50. The topological polar surface area (TPSA) is 0 Å². The molecule has 2 fully saturated rings. The van der Waals surface area contributed by atoms with E-state index in [-0.39, 0.29) is 5.41 Å². The Morgan fingerprint density at radius 1 is 0.960 bits per heavy atom. The van der Waals surface area contributed by atoms with Gasteiger partial charge >= 0.3 is 0 Å². The van der Waals surface area contributed by atoms with Crippen molar-refractivity contribution < 1.29 is 13.2 Å². The van der Waals surface area contributed by atoms with Crippen LogP contribution in [-0.2, 0) is 0 Å². The van der Waals surface area contributed by atoms with Crippen molar-refractivity contribution in [3.05, 3.63) is 41.2 Å². The van der Waals surface area contributed by atoms with Crippen molar-refractivity contribution in [3.8, 4) is 0 Å². The maximum Gasteiger partial charge on any atom is 0.194 e. The van der Waals surface area contributed by atoms with Gasteiger partial charge in [-0.25, -0.2) is 13.2 Å². The van der Waals surface area contributed by atoms with Gasteiger partial charge in [-0.15, -0.1) is 0 Å². The van der Waals surface area contributed by atoms with Gasteiger partial charge in [-0.2, -0.15) is 0 Å². The summed E-state index contributed by atoms with van der Waals surface area (Å²) in [6.07, 6.45) is 13.8. The van der Waals surface area contributed by atoms with Crippen LogP contribution in [0.2, 0.25) is 0 Å². The third kappa shape index (κ3) is 3.15. The monoisotopic (exact) mass is 348 g/mol. The first-order valence-corrected chi connectivity index (χ1v) is 9.86. The van der Waals surface area contributed by atoms with Crippen LogP contribution in [0.5, 0.6) is 0 Å². The molecule has 0 amide bonds. The predicted octanol–water partition coefficient (Wildman–Crippen LogP) is 6.89. The first-order chi connectivity index (χ1) is 12.0. The fourth-order valence-electron chi connectivity index (χ4n) is 5.58. The molecule has 3 aliphatic carbocycles. The summed E-state index contributed by atoms with van der Waals surface area (Å²) >= 11 is 0. The zero-order valence-electron chi connectivity index (χ0n) is 15.0. The van der Waals surface area contributed by atoms with E-state index in [1.807, 2.05) is 0 Å². The summed E-state index contributed by atoms with van der Waals surface area (Å²) in [7, 11) is 0. The molecule has 136 valence electrons. The Morgan fingerprint density at radius 3 is 2.12 bits per heavy atom. The number of allylic oxidation sites excluding steroid dienone is 2. The molecule has 0 bridgehead atoms. The lowest BCUT2D eigenvalue weighted by molar-refractivity contribution is 0.0286. The Bertz CT molecular complexity index is 654. The summed E-state index contributed by atoms with van der Waals surface area (Å²) in [5, 5.41) is 0. The molecular formula is C22H27F3. The zero-order chi connectivity index (χ0) is 17.6. The third-order valence-electron chi connectivity index (χ3n) is 6.97. The van der Waals surface area contributed by atoms with E-state index in [9.17, 15) is 13.2 Å². The maximum absolute atomic E-state index is 13.4. The second-order valence-electron chi connectivity index (χ2n) is 8.70. The standard InChI is InChI=1S/C22H27F3/c1-2-3-14-4-6-15(7-5-14)17-10-22(11-17)12-18(13-22)16-8-19(23)21(25)20(24)9-16/h8-9,12,14-15,17H,2-7,10-11,13H2,1H3/t14?,15?,17-,22+. The number of hydrogen-bond donors (Lipinski definition) is 0. The first-order valence-electron chi connectivity index (χ1n) is 9.86. The van der Waals surface area contributed by atoms with Gasteiger partial charge in [0.15, 0.2) is 17.5 Å². The number of halogens is 3. The lowest BCUT2D eigenvalue weighted by atomic mass is 9.49. The minimum Gasteiger partial charge on any atom is -0.204 e. The van der Waals surface area contributed by atoms with E-state index in [0.29, 0.717) is 5.56 Å². The van der Waals surface area contributed by atoms with Crippen LogP contribution in [0.15, 0.2) is 18.2 Å². The third-order valence-corrected chi connectivity index (χ3v) is 6.97. The molecular weight excluding hydrogens is 321 g/mol. The second kappa shape index (κ2) is 6.48. The van der Waals surface area contributed by atoms with E-state index < -0.39 is 17.5 Å². The normalized spacial score (nSPS) is 34.4. The highest BCUT2D eigenvalue weighted by molar-refractivity contribution is 5.73. The maximum atomic E-state index is 13.4. The van der Waals surface area contributed by atoms with Gasteiger partial charge in [0.1, 0.15) is 0 Å². The molecule has 1 aromatic rings. The molecule has 1 spiro atoms. The number of benzene rings is 1. The summed E-state index contributed by atoms with van der Waals surface area (Å²) in [5.74, 6) is -0.882.